The highest BCUT2D eigenvalue weighted by Gasteiger charge is 2.12. The van der Waals surface area contributed by atoms with Crippen molar-refractivity contribution in [3.8, 4) is 0 Å². The molecule has 13 heavy (non-hydrogen) atoms. The van der Waals surface area contributed by atoms with Crippen molar-refractivity contribution in [3.63, 3.8) is 0 Å². The van der Waals surface area contributed by atoms with Crippen LogP contribution in [0.1, 0.15) is 26.2 Å². The van der Waals surface area contributed by atoms with E-state index in [1.165, 1.54) is 12.2 Å². The Morgan fingerprint density at radius 3 is 3.15 bits per heavy atom. The molecule has 2 nitrogen and oxygen atoms in total. The lowest BCUT2D eigenvalue weighted by Gasteiger charge is -2.20. The van der Waals surface area contributed by atoms with Crippen molar-refractivity contribution in [1.82, 2.24) is 0 Å². The van der Waals surface area contributed by atoms with Crippen LogP contribution in [0.5, 0.6) is 0 Å². The second kappa shape index (κ2) is 6.33. The number of hydrogen-bond donors (Lipinski definition) is 1. The molecule has 0 fully saturated rings. The second-order valence-corrected chi connectivity index (χ2v) is 4.43. The van der Waals surface area contributed by atoms with Crippen molar-refractivity contribution in [2.45, 2.75) is 32.2 Å². The maximum absolute atomic E-state index is 5.98. The van der Waals surface area contributed by atoms with Gasteiger partial charge >= 0.3 is 0 Å². The summed E-state index contributed by atoms with van der Waals surface area (Å²) in [5, 5.41) is 0. The molecule has 0 saturated carbocycles. The average molecular weight is 201 g/mol. The third-order valence-corrected chi connectivity index (χ3v) is 3.27. The minimum Gasteiger partial charge on any atom is -0.497 e. The number of thioether (sulfide) groups is 1. The first-order valence-corrected chi connectivity index (χ1v) is 6.16. The average Bonchev–Trinajstić information content (AvgIpc) is 2.19. The van der Waals surface area contributed by atoms with Crippen LogP contribution in [0, 0.1) is 0 Å². The Bertz CT molecular complexity index is 170. The van der Waals surface area contributed by atoms with E-state index in [9.17, 15) is 0 Å². The van der Waals surface area contributed by atoms with Crippen LogP contribution in [-0.4, -0.2) is 24.2 Å². The van der Waals surface area contributed by atoms with E-state index in [-0.39, 0.29) is 6.04 Å². The van der Waals surface area contributed by atoms with Gasteiger partial charge in [-0.3, -0.25) is 0 Å². The number of ether oxygens (including phenoxy) is 1. The SMILES string of the molecule is CCCSCC(N)C1=CCCCO1. The number of rotatable bonds is 5. The van der Waals surface area contributed by atoms with E-state index in [1.807, 2.05) is 11.8 Å². The van der Waals surface area contributed by atoms with Gasteiger partial charge in [-0.1, -0.05) is 6.92 Å². The van der Waals surface area contributed by atoms with Crippen molar-refractivity contribution >= 4 is 11.8 Å². The lowest BCUT2D eigenvalue weighted by atomic mass is 10.2. The fourth-order valence-corrected chi connectivity index (χ4v) is 2.15. The van der Waals surface area contributed by atoms with Gasteiger partial charge in [0, 0.05) is 5.75 Å². The van der Waals surface area contributed by atoms with Crippen LogP contribution in [0.4, 0.5) is 0 Å². The van der Waals surface area contributed by atoms with E-state index in [0.29, 0.717) is 0 Å². The van der Waals surface area contributed by atoms with E-state index in [4.69, 9.17) is 10.5 Å². The van der Waals surface area contributed by atoms with Gasteiger partial charge in [-0.15, -0.1) is 0 Å². The van der Waals surface area contributed by atoms with Crippen LogP contribution in [0.15, 0.2) is 11.8 Å². The summed E-state index contributed by atoms with van der Waals surface area (Å²) >= 11 is 1.91. The fraction of sp³-hybridized carbons (Fsp3) is 0.800. The first-order chi connectivity index (χ1) is 6.34. The molecule has 0 bridgehead atoms. The molecule has 1 unspecified atom stereocenters. The quantitative estimate of drug-likeness (QED) is 0.692. The standard InChI is InChI=1S/C10H19NOS/c1-2-7-13-8-9(11)10-5-3-4-6-12-10/h5,9H,2-4,6-8,11H2,1H3. The maximum Gasteiger partial charge on any atom is 0.110 e. The summed E-state index contributed by atoms with van der Waals surface area (Å²) in [5.74, 6) is 3.19. The maximum atomic E-state index is 5.98. The lowest BCUT2D eigenvalue weighted by molar-refractivity contribution is 0.179. The molecule has 1 heterocycles. The molecule has 0 aromatic heterocycles. The number of nitrogens with two attached hydrogens (primary N) is 1. The Kier molecular flexibility index (Phi) is 5.32. The predicted octanol–water partition coefficient (Wildman–Crippen LogP) is 2.15. The van der Waals surface area contributed by atoms with Crippen LogP contribution in [0.3, 0.4) is 0 Å². The van der Waals surface area contributed by atoms with Gasteiger partial charge in [0.2, 0.25) is 0 Å². The monoisotopic (exact) mass is 201 g/mol. The first-order valence-electron chi connectivity index (χ1n) is 5.00. The summed E-state index contributed by atoms with van der Waals surface area (Å²) in [6, 6.07) is 0.108. The smallest absolute Gasteiger partial charge is 0.110 e. The molecule has 0 radical (unpaired) electrons. The fourth-order valence-electron chi connectivity index (χ4n) is 1.27. The molecule has 0 spiro atoms. The highest BCUT2D eigenvalue weighted by Crippen LogP contribution is 2.15. The highest BCUT2D eigenvalue weighted by atomic mass is 32.2. The summed E-state index contributed by atoms with van der Waals surface area (Å²) in [6.45, 7) is 3.03. The lowest BCUT2D eigenvalue weighted by Crippen LogP contribution is -2.28. The van der Waals surface area contributed by atoms with E-state index in [0.717, 1.165) is 31.0 Å². The summed E-state index contributed by atoms with van der Waals surface area (Å²) in [7, 11) is 0. The van der Waals surface area contributed by atoms with Crippen molar-refractivity contribution in [3.05, 3.63) is 11.8 Å². The van der Waals surface area contributed by atoms with Crippen LogP contribution in [0.25, 0.3) is 0 Å². The van der Waals surface area contributed by atoms with Gasteiger partial charge in [0.1, 0.15) is 5.76 Å². The normalized spacial score (nSPS) is 19.1. The minimum atomic E-state index is 0.108. The molecule has 0 saturated heterocycles. The zero-order valence-corrected chi connectivity index (χ0v) is 9.11. The summed E-state index contributed by atoms with van der Waals surface area (Å²) < 4.78 is 5.49. The largest absolute Gasteiger partial charge is 0.497 e. The van der Waals surface area contributed by atoms with Crippen molar-refractivity contribution in [2.75, 3.05) is 18.1 Å². The summed E-state index contributed by atoms with van der Waals surface area (Å²) in [6.07, 6.45) is 5.62. The van der Waals surface area contributed by atoms with Gasteiger partial charge in [-0.2, -0.15) is 11.8 Å². The second-order valence-electron chi connectivity index (χ2n) is 3.28. The molecule has 2 N–H and O–H groups in total. The van der Waals surface area contributed by atoms with Crippen LogP contribution in [0.2, 0.25) is 0 Å². The van der Waals surface area contributed by atoms with Gasteiger partial charge in [-0.25, -0.2) is 0 Å². The van der Waals surface area contributed by atoms with E-state index in [2.05, 4.69) is 13.0 Å². The molecular weight excluding hydrogens is 182 g/mol. The zero-order chi connectivity index (χ0) is 9.52. The van der Waals surface area contributed by atoms with E-state index in [1.54, 1.807) is 0 Å². The predicted molar refractivity (Wildman–Crippen MR) is 58.9 cm³/mol. The van der Waals surface area contributed by atoms with Gasteiger partial charge in [0.05, 0.1) is 12.6 Å². The summed E-state index contributed by atoms with van der Waals surface area (Å²) in [5.41, 5.74) is 5.98. The molecule has 0 aliphatic carbocycles. The van der Waals surface area contributed by atoms with Crippen molar-refractivity contribution in [1.29, 1.82) is 0 Å². The molecule has 0 amide bonds. The molecule has 76 valence electrons. The molecule has 1 rings (SSSR count). The number of allylic oxidation sites excluding steroid dienone is 1. The molecule has 0 aromatic rings. The third-order valence-electron chi connectivity index (χ3n) is 1.97. The zero-order valence-electron chi connectivity index (χ0n) is 8.29. The Balaban J connectivity index is 2.21. The topological polar surface area (TPSA) is 35.2 Å². The Labute approximate surface area is 84.9 Å². The molecule has 1 aliphatic heterocycles. The summed E-state index contributed by atoms with van der Waals surface area (Å²) in [4.78, 5) is 0. The van der Waals surface area contributed by atoms with Crippen LogP contribution >= 0.6 is 11.8 Å². The van der Waals surface area contributed by atoms with Gasteiger partial charge in [0.25, 0.3) is 0 Å². The Morgan fingerprint density at radius 1 is 1.69 bits per heavy atom. The van der Waals surface area contributed by atoms with Crippen LogP contribution in [-0.2, 0) is 4.74 Å². The highest BCUT2D eigenvalue weighted by molar-refractivity contribution is 7.99. The molecule has 1 aliphatic rings. The number of hydrogen-bond acceptors (Lipinski definition) is 3. The Hall–Kier alpha value is -0.150. The molecule has 1 atom stereocenters. The molecular formula is C10H19NOS. The minimum absolute atomic E-state index is 0.108. The van der Waals surface area contributed by atoms with Gasteiger partial charge in [-0.05, 0) is 31.1 Å². The van der Waals surface area contributed by atoms with Crippen molar-refractivity contribution in [2.24, 2.45) is 5.73 Å². The molecule has 0 aromatic carbocycles. The van der Waals surface area contributed by atoms with E-state index >= 15 is 0 Å². The van der Waals surface area contributed by atoms with Crippen LogP contribution < -0.4 is 5.73 Å². The van der Waals surface area contributed by atoms with Gasteiger partial charge < -0.3 is 10.5 Å². The third kappa shape index (κ3) is 4.05. The van der Waals surface area contributed by atoms with Gasteiger partial charge in [0.15, 0.2) is 0 Å². The molecule has 3 heteroatoms. The first kappa shape index (κ1) is 10.9. The van der Waals surface area contributed by atoms with E-state index < -0.39 is 0 Å². The Morgan fingerprint density at radius 2 is 2.54 bits per heavy atom. The van der Waals surface area contributed by atoms with Crippen molar-refractivity contribution < 1.29 is 4.74 Å².